The number of carbonyl (C=O) groups is 2. The molecule has 1 amide bonds. The molecular formula is C7H10N5O4+. The molecule has 16 heavy (non-hydrogen) atoms. The second-order valence-electron chi connectivity index (χ2n) is 2.74. The molecule has 0 radical (unpaired) electrons. The second kappa shape index (κ2) is 4.98. The number of ether oxygens (including phenoxy) is 1. The fourth-order valence-corrected chi connectivity index (χ4v) is 0.846. The van der Waals surface area contributed by atoms with Crippen LogP contribution in [0.2, 0.25) is 0 Å². The summed E-state index contributed by atoms with van der Waals surface area (Å²) in [4.78, 5) is 32.8. The molecule has 0 aromatic carbocycles. The maximum atomic E-state index is 11.4. The van der Waals surface area contributed by atoms with Gasteiger partial charge in [-0.15, -0.1) is 0 Å². The lowest BCUT2D eigenvalue weighted by Gasteiger charge is -1.89. The molecule has 1 heterocycles. The number of methoxy groups -OCH3 is 1. The van der Waals surface area contributed by atoms with Crippen molar-refractivity contribution in [3.63, 3.8) is 0 Å². The van der Waals surface area contributed by atoms with Crippen LogP contribution in [0.5, 0.6) is 0 Å². The van der Waals surface area contributed by atoms with E-state index in [1.807, 2.05) is 0 Å². The van der Waals surface area contributed by atoms with Crippen LogP contribution >= 0.6 is 0 Å². The lowest BCUT2D eigenvalue weighted by atomic mass is 10.6. The molecule has 1 rings (SSSR count). The van der Waals surface area contributed by atoms with Crippen LogP contribution in [0.4, 0.5) is 0 Å². The van der Waals surface area contributed by atoms with Crippen molar-refractivity contribution < 1.29 is 20.1 Å². The Morgan fingerprint density at radius 3 is 2.75 bits per heavy atom. The van der Waals surface area contributed by atoms with Crippen LogP contribution in [0.3, 0.4) is 0 Å². The standard InChI is InChI=1S/C7H9N5O4/c1-16-6(14)2-3-11-7(15)12(10-9-11)4-5(8)13/h2-3H,4H2,1H3,(H2,8,13)/p+1. The van der Waals surface area contributed by atoms with Crippen molar-refractivity contribution in [3.05, 3.63) is 16.6 Å². The van der Waals surface area contributed by atoms with Crippen molar-refractivity contribution in [1.29, 1.82) is 0 Å². The Bertz CT molecular complexity index is 485. The van der Waals surface area contributed by atoms with Gasteiger partial charge >= 0.3 is 17.6 Å². The van der Waals surface area contributed by atoms with Gasteiger partial charge in [0.25, 0.3) is 0 Å². The van der Waals surface area contributed by atoms with Gasteiger partial charge in [0.1, 0.15) is 0 Å². The van der Waals surface area contributed by atoms with Crippen LogP contribution in [0.1, 0.15) is 0 Å². The molecule has 0 aliphatic carbocycles. The van der Waals surface area contributed by atoms with Crippen molar-refractivity contribution in [2.24, 2.45) is 0 Å². The Labute approximate surface area is 89.1 Å². The van der Waals surface area contributed by atoms with Gasteiger partial charge in [-0.25, -0.2) is 14.4 Å². The summed E-state index contributed by atoms with van der Waals surface area (Å²) in [7, 11) is 1.20. The van der Waals surface area contributed by atoms with Gasteiger partial charge in [-0.05, 0) is 10.4 Å². The minimum Gasteiger partial charge on any atom is -0.466 e. The number of aromatic nitrogens is 4. The highest BCUT2D eigenvalue weighted by atomic mass is 16.5. The first-order valence-corrected chi connectivity index (χ1v) is 4.18. The van der Waals surface area contributed by atoms with Crippen molar-refractivity contribution in [1.82, 2.24) is 19.8 Å². The molecule has 0 aliphatic rings. The summed E-state index contributed by atoms with van der Waals surface area (Å²) in [6.07, 6.45) is 2.09. The van der Waals surface area contributed by atoms with E-state index in [0.717, 1.165) is 21.6 Å². The highest BCUT2D eigenvalue weighted by Gasteiger charge is 2.08. The highest BCUT2D eigenvalue weighted by molar-refractivity contribution is 5.84. The number of carbonyl (C=O) groups excluding carboxylic acids is 2. The molecule has 0 spiro atoms. The topological polar surface area (TPSA) is 124 Å². The molecule has 86 valence electrons. The summed E-state index contributed by atoms with van der Waals surface area (Å²) >= 11 is 0. The number of nitrogens with zero attached hydrogens (tertiary/aromatic N) is 4. The van der Waals surface area contributed by atoms with Crippen LogP contribution in [0, 0.1) is 0 Å². The fourth-order valence-electron chi connectivity index (χ4n) is 0.846. The van der Waals surface area contributed by atoms with Crippen LogP contribution in [-0.4, -0.2) is 38.8 Å². The van der Waals surface area contributed by atoms with Gasteiger partial charge in [0.15, 0.2) is 6.54 Å². The zero-order valence-electron chi connectivity index (χ0n) is 8.49. The maximum Gasteiger partial charge on any atom is 0.368 e. The van der Waals surface area contributed by atoms with E-state index in [1.165, 1.54) is 7.11 Å². The molecule has 0 saturated carbocycles. The van der Waals surface area contributed by atoms with Crippen molar-refractivity contribution >= 4 is 18.1 Å². The fraction of sp³-hybridized carbons (Fsp3) is 0.286. The van der Waals surface area contributed by atoms with Crippen molar-refractivity contribution in [3.8, 4) is 0 Å². The molecule has 9 nitrogen and oxygen atoms in total. The number of rotatable bonds is 4. The zero-order chi connectivity index (χ0) is 12.1. The Balaban J connectivity index is 2.88. The predicted molar refractivity (Wildman–Crippen MR) is 49.5 cm³/mol. The summed E-state index contributed by atoms with van der Waals surface area (Å²) < 4.78 is 5.96. The Morgan fingerprint density at radius 1 is 1.50 bits per heavy atom. The van der Waals surface area contributed by atoms with Gasteiger partial charge < -0.3 is 4.74 Å². The van der Waals surface area contributed by atoms with Gasteiger partial charge in [0, 0.05) is 12.3 Å². The Hall–Kier alpha value is -2.29. The minimum atomic E-state index is -0.642. The van der Waals surface area contributed by atoms with E-state index in [9.17, 15) is 14.4 Å². The molecule has 0 atom stereocenters. The van der Waals surface area contributed by atoms with Crippen LogP contribution in [0.25, 0.3) is 6.20 Å². The van der Waals surface area contributed by atoms with E-state index in [0.29, 0.717) is 0 Å². The number of hydrogen-bond donors (Lipinski definition) is 1. The number of tetrazole rings is 1. The largest absolute Gasteiger partial charge is 0.466 e. The van der Waals surface area contributed by atoms with Crippen LogP contribution in [-0.2, 0) is 20.9 Å². The van der Waals surface area contributed by atoms with Gasteiger partial charge in [0.05, 0.1) is 7.11 Å². The van der Waals surface area contributed by atoms with Gasteiger partial charge in [-0.2, -0.15) is 9.36 Å². The molecule has 0 aliphatic heterocycles. The molecule has 0 fully saturated rings. The second-order valence-corrected chi connectivity index (χ2v) is 2.74. The first kappa shape index (κ1) is 11.8. The molecule has 0 unspecified atom stereocenters. The summed E-state index contributed by atoms with van der Waals surface area (Å²) in [5.41, 5.74) is 2.46. The quantitative estimate of drug-likeness (QED) is 0.428. The van der Waals surface area contributed by atoms with E-state index in [4.69, 9.17) is 0 Å². The molecule has 3 N–H and O–H groups in total. The van der Waals surface area contributed by atoms with E-state index in [2.05, 4.69) is 20.9 Å². The van der Waals surface area contributed by atoms with E-state index in [-0.39, 0.29) is 6.54 Å². The summed E-state index contributed by atoms with van der Waals surface area (Å²) in [6.45, 7) is -0.259. The van der Waals surface area contributed by atoms with Gasteiger partial charge in [-0.3, -0.25) is 5.73 Å². The third-order valence-electron chi connectivity index (χ3n) is 1.54. The van der Waals surface area contributed by atoms with E-state index >= 15 is 0 Å². The minimum absolute atomic E-state index is 0.259. The molecular weight excluding hydrogens is 218 g/mol. The van der Waals surface area contributed by atoms with Crippen molar-refractivity contribution in [2.75, 3.05) is 7.11 Å². The first-order chi connectivity index (χ1) is 7.54. The number of hydrogen-bond acceptors (Lipinski definition) is 6. The predicted octanol–water partition coefficient (Wildman–Crippen LogP) is -3.15. The van der Waals surface area contributed by atoms with E-state index < -0.39 is 17.6 Å². The lowest BCUT2D eigenvalue weighted by molar-refractivity contribution is -0.306. The number of esters is 1. The molecule has 1 aromatic rings. The number of quaternary nitrogens is 1. The normalized spacial score (nSPS) is 10.6. The maximum absolute atomic E-state index is 11.4. The number of amides is 1. The smallest absolute Gasteiger partial charge is 0.368 e. The Morgan fingerprint density at radius 2 is 2.19 bits per heavy atom. The molecule has 9 heteroatoms. The van der Waals surface area contributed by atoms with Crippen LogP contribution in [0.15, 0.2) is 10.9 Å². The van der Waals surface area contributed by atoms with Crippen molar-refractivity contribution in [2.45, 2.75) is 6.54 Å². The Kier molecular flexibility index (Phi) is 3.67. The lowest BCUT2D eigenvalue weighted by Crippen LogP contribution is -2.59. The molecule has 0 bridgehead atoms. The molecule has 0 saturated heterocycles. The van der Waals surface area contributed by atoms with Gasteiger partial charge in [-0.1, -0.05) is 0 Å². The average molecular weight is 228 g/mol. The SMILES string of the molecule is COC(=O)C=Cn1nnn(CC([NH3+])=O)c1=O. The highest BCUT2D eigenvalue weighted by Crippen LogP contribution is 1.81. The van der Waals surface area contributed by atoms with Gasteiger partial charge in [0.2, 0.25) is 0 Å². The third kappa shape index (κ3) is 2.85. The zero-order valence-corrected chi connectivity index (χ0v) is 8.49. The first-order valence-electron chi connectivity index (χ1n) is 4.18. The monoisotopic (exact) mass is 228 g/mol. The van der Waals surface area contributed by atoms with E-state index in [1.54, 1.807) is 0 Å². The summed E-state index contributed by atoms with van der Waals surface area (Å²) in [5, 5.41) is 6.83. The molecule has 1 aromatic heterocycles. The average Bonchev–Trinajstić information content (AvgIpc) is 2.56. The van der Waals surface area contributed by atoms with Crippen LogP contribution < -0.4 is 11.4 Å². The summed E-state index contributed by atoms with van der Waals surface area (Å²) in [5.74, 6) is -1.10. The summed E-state index contributed by atoms with van der Waals surface area (Å²) in [6, 6.07) is 0. The third-order valence-corrected chi connectivity index (χ3v) is 1.54.